The van der Waals surface area contributed by atoms with Crippen molar-refractivity contribution in [1.29, 1.82) is 0 Å². The topological polar surface area (TPSA) is 43.7 Å². The van der Waals surface area contributed by atoms with Crippen molar-refractivity contribution in [1.82, 2.24) is 4.90 Å². The molecule has 1 fully saturated rings. The minimum Gasteiger partial charge on any atom is -0.392 e. The molecular weight excluding hydrogens is 178 g/mol. The number of hydrogen-bond acceptors (Lipinski definition) is 3. The van der Waals surface area contributed by atoms with Crippen LogP contribution in [0.1, 0.15) is 6.42 Å². The third-order valence-electron chi connectivity index (χ3n) is 2.62. The van der Waals surface area contributed by atoms with Gasteiger partial charge in [0.25, 0.3) is 0 Å². The molecule has 0 radical (unpaired) electrons. The summed E-state index contributed by atoms with van der Waals surface area (Å²) in [6.07, 6.45) is 2.62. The second kappa shape index (κ2) is 3.75. The average Bonchev–Trinajstić information content (AvgIpc) is 2.54. The van der Waals surface area contributed by atoms with Gasteiger partial charge in [-0.2, -0.15) is 0 Å². The van der Waals surface area contributed by atoms with Crippen molar-refractivity contribution in [3.05, 3.63) is 11.6 Å². The molecule has 0 unspecified atom stereocenters. The van der Waals surface area contributed by atoms with E-state index < -0.39 is 0 Å². The lowest BCUT2D eigenvalue weighted by atomic mass is 10.1. The molecule has 0 spiro atoms. The van der Waals surface area contributed by atoms with Gasteiger partial charge in [-0.25, -0.2) is 0 Å². The Labute approximate surface area is 78.1 Å². The molecule has 12 heavy (non-hydrogen) atoms. The fraction of sp³-hybridized carbons (Fsp3) is 0.750. The van der Waals surface area contributed by atoms with Crippen LogP contribution in [0.3, 0.4) is 0 Å². The van der Waals surface area contributed by atoms with Gasteiger partial charge in [0.15, 0.2) is 0 Å². The minimum atomic E-state index is -0.254. The van der Waals surface area contributed by atoms with Gasteiger partial charge in [-0.15, -0.1) is 12.4 Å². The fourth-order valence-corrected chi connectivity index (χ4v) is 2.04. The predicted octanol–water partition coefficient (Wildman–Crippen LogP) is -0.224. The molecule has 2 aliphatic heterocycles. The van der Waals surface area contributed by atoms with Gasteiger partial charge in [0.2, 0.25) is 0 Å². The van der Waals surface area contributed by atoms with Crippen LogP contribution in [0.5, 0.6) is 0 Å². The van der Waals surface area contributed by atoms with Gasteiger partial charge >= 0.3 is 0 Å². The number of rotatable bonds is 1. The van der Waals surface area contributed by atoms with Gasteiger partial charge in [-0.05, 0) is 12.0 Å². The summed E-state index contributed by atoms with van der Waals surface area (Å²) in [6.45, 7) is 1.96. The number of nitrogens with zero attached hydrogens (tertiary/aromatic N) is 1. The second-order valence-corrected chi connectivity index (χ2v) is 3.23. The van der Waals surface area contributed by atoms with E-state index in [4.69, 9.17) is 5.11 Å². The molecule has 0 aromatic carbocycles. The van der Waals surface area contributed by atoms with Crippen LogP contribution in [0, 0.1) is 0 Å². The van der Waals surface area contributed by atoms with Crippen LogP contribution in [0.4, 0.5) is 0 Å². The maximum atomic E-state index is 9.51. The highest BCUT2D eigenvalue weighted by Crippen LogP contribution is 2.28. The van der Waals surface area contributed by atoms with Crippen LogP contribution in [-0.4, -0.2) is 47.0 Å². The van der Waals surface area contributed by atoms with E-state index in [1.807, 2.05) is 6.08 Å². The molecule has 70 valence electrons. The lowest BCUT2D eigenvalue weighted by Crippen LogP contribution is -2.32. The van der Waals surface area contributed by atoms with Crippen LogP contribution >= 0.6 is 12.4 Å². The number of aliphatic hydroxyl groups excluding tert-OH is 2. The van der Waals surface area contributed by atoms with Crippen molar-refractivity contribution >= 4 is 12.4 Å². The normalized spacial score (nSPS) is 34.3. The summed E-state index contributed by atoms with van der Waals surface area (Å²) in [5, 5.41) is 18.4. The fourth-order valence-electron chi connectivity index (χ4n) is 2.04. The Kier molecular flexibility index (Phi) is 3.12. The zero-order valence-corrected chi connectivity index (χ0v) is 7.63. The summed E-state index contributed by atoms with van der Waals surface area (Å²) < 4.78 is 0. The third kappa shape index (κ3) is 1.38. The number of halogens is 1. The van der Waals surface area contributed by atoms with Gasteiger partial charge in [0.05, 0.1) is 18.8 Å². The molecule has 2 N–H and O–H groups in total. The predicted molar refractivity (Wildman–Crippen MR) is 48.4 cm³/mol. The van der Waals surface area contributed by atoms with Crippen LogP contribution in [0.2, 0.25) is 0 Å². The average molecular weight is 192 g/mol. The van der Waals surface area contributed by atoms with Crippen molar-refractivity contribution in [3.8, 4) is 0 Å². The molecular formula is C8H14ClNO2. The first-order valence-electron chi connectivity index (χ1n) is 4.05. The van der Waals surface area contributed by atoms with E-state index in [0.717, 1.165) is 25.1 Å². The number of hydrogen-bond donors (Lipinski definition) is 2. The quantitative estimate of drug-likeness (QED) is 0.563. The minimum absolute atomic E-state index is 0. The molecule has 2 atom stereocenters. The third-order valence-corrected chi connectivity index (χ3v) is 2.62. The SMILES string of the molecule is Cl.OCC1=CCN2CC[C@H](O)[C@@H]12. The Bertz CT molecular complexity index is 195. The lowest BCUT2D eigenvalue weighted by molar-refractivity contribution is 0.140. The Hall–Kier alpha value is -0.0900. The molecule has 2 rings (SSSR count). The van der Waals surface area contributed by atoms with Crippen LogP contribution < -0.4 is 0 Å². The molecule has 0 amide bonds. The van der Waals surface area contributed by atoms with E-state index in [9.17, 15) is 5.11 Å². The Morgan fingerprint density at radius 1 is 1.58 bits per heavy atom. The molecule has 4 heteroatoms. The van der Waals surface area contributed by atoms with Crippen molar-refractivity contribution in [2.24, 2.45) is 0 Å². The zero-order valence-electron chi connectivity index (χ0n) is 6.81. The molecule has 2 aliphatic rings. The Morgan fingerprint density at radius 2 is 2.33 bits per heavy atom. The lowest BCUT2D eigenvalue weighted by Gasteiger charge is -2.19. The Balaban J connectivity index is 0.000000720. The summed E-state index contributed by atoms with van der Waals surface area (Å²) in [5.41, 5.74) is 0.995. The van der Waals surface area contributed by atoms with Gasteiger partial charge in [-0.3, -0.25) is 4.90 Å². The first kappa shape index (κ1) is 9.99. The standard InChI is InChI=1S/C8H13NO2.ClH/c10-5-6-1-3-9-4-2-7(11)8(6)9;/h1,7-8,10-11H,2-5H2;1H/t7-,8+;/m0./s1. The van der Waals surface area contributed by atoms with E-state index in [0.29, 0.717) is 0 Å². The highest BCUT2D eigenvalue weighted by atomic mass is 35.5. The molecule has 0 aliphatic carbocycles. The second-order valence-electron chi connectivity index (χ2n) is 3.23. The largest absolute Gasteiger partial charge is 0.392 e. The first-order valence-corrected chi connectivity index (χ1v) is 4.05. The molecule has 2 heterocycles. The van der Waals surface area contributed by atoms with Gasteiger partial charge < -0.3 is 10.2 Å². The van der Waals surface area contributed by atoms with E-state index in [-0.39, 0.29) is 31.2 Å². The summed E-state index contributed by atoms with van der Waals surface area (Å²) in [7, 11) is 0. The maximum absolute atomic E-state index is 9.51. The van der Waals surface area contributed by atoms with Crippen molar-refractivity contribution in [2.75, 3.05) is 19.7 Å². The maximum Gasteiger partial charge on any atom is 0.0746 e. The number of fused-ring (bicyclic) bond motifs is 1. The monoisotopic (exact) mass is 191 g/mol. The van der Waals surface area contributed by atoms with Crippen molar-refractivity contribution in [3.63, 3.8) is 0 Å². The summed E-state index contributed by atoms with van der Waals surface area (Å²) in [5.74, 6) is 0. The highest BCUT2D eigenvalue weighted by Gasteiger charge is 2.37. The van der Waals surface area contributed by atoms with E-state index in [1.54, 1.807) is 0 Å². The van der Waals surface area contributed by atoms with Crippen LogP contribution in [0.15, 0.2) is 11.6 Å². The van der Waals surface area contributed by atoms with Crippen LogP contribution in [0.25, 0.3) is 0 Å². The highest BCUT2D eigenvalue weighted by molar-refractivity contribution is 5.85. The van der Waals surface area contributed by atoms with Gasteiger partial charge in [0, 0.05) is 13.1 Å². The molecule has 0 bridgehead atoms. The molecule has 3 nitrogen and oxygen atoms in total. The smallest absolute Gasteiger partial charge is 0.0746 e. The molecule has 0 saturated carbocycles. The van der Waals surface area contributed by atoms with E-state index in [1.165, 1.54) is 0 Å². The Morgan fingerprint density at radius 3 is 3.00 bits per heavy atom. The zero-order chi connectivity index (χ0) is 7.84. The molecule has 0 aromatic rings. The summed E-state index contributed by atoms with van der Waals surface area (Å²) in [4.78, 5) is 2.20. The summed E-state index contributed by atoms with van der Waals surface area (Å²) >= 11 is 0. The summed E-state index contributed by atoms with van der Waals surface area (Å²) in [6, 6.07) is 0.125. The van der Waals surface area contributed by atoms with E-state index in [2.05, 4.69) is 4.90 Å². The van der Waals surface area contributed by atoms with Crippen molar-refractivity contribution in [2.45, 2.75) is 18.6 Å². The van der Waals surface area contributed by atoms with Gasteiger partial charge in [0.1, 0.15) is 0 Å². The number of aliphatic hydroxyl groups is 2. The molecule has 1 saturated heterocycles. The van der Waals surface area contributed by atoms with Crippen LogP contribution in [-0.2, 0) is 0 Å². The van der Waals surface area contributed by atoms with Gasteiger partial charge in [-0.1, -0.05) is 6.08 Å². The molecule has 0 aromatic heterocycles. The van der Waals surface area contributed by atoms with E-state index >= 15 is 0 Å². The van der Waals surface area contributed by atoms with Crippen molar-refractivity contribution < 1.29 is 10.2 Å². The first-order chi connectivity index (χ1) is 5.33.